The molecule has 0 saturated carbocycles. The fourth-order valence-electron chi connectivity index (χ4n) is 3.45. The van der Waals surface area contributed by atoms with Crippen LogP contribution in [0.2, 0.25) is 0 Å². The van der Waals surface area contributed by atoms with Crippen LogP contribution in [-0.2, 0) is 24.1 Å². The monoisotopic (exact) mass is 339 g/mol. The quantitative estimate of drug-likeness (QED) is 0.822. The number of benzene rings is 2. The van der Waals surface area contributed by atoms with Crippen molar-refractivity contribution in [2.75, 3.05) is 13.7 Å². The lowest BCUT2D eigenvalue weighted by molar-refractivity contribution is -0.120. The highest BCUT2D eigenvalue weighted by atomic mass is 16.5. The van der Waals surface area contributed by atoms with Crippen molar-refractivity contribution in [1.29, 1.82) is 0 Å². The number of phenolic OH excluding ortho intramolecular Hbond substituents is 1. The summed E-state index contributed by atoms with van der Waals surface area (Å²) in [6, 6.07) is 13.7. The first-order valence-corrected chi connectivity index (χ1v) is 8.85. The second-order valence-corrected chi connectivity index (χ2v) is 6.70. The summed E-state index contributed by atoms with van der Waals surface area (Å²) < 4.78 is 5.09. The Balaban J connectivity index is 1.50. The number of fused-ring (bicyclic) bond motifs is 1. The van der Waals surface area contributed by atoms with Gasteiger partial charge in [-0.05, 0) is 60.4 Å². The molecule has 0 bridgehead atoms. The predicted molar refractivity (Wildman–Crippen MR) is 97.9 cm³/mol. The number of methoxy groups -OCH3 is 1. The number of phenols is 1. The number of aromatic hydroxyl groups is 1. The van der Waals surface area contributed by atoms with Gasteiger partial charge in [0.25, 0.3) is 0 Å². The van der Waals surface area contributed by atoms with E-state index in [0.29, 0.717) is 18.1 Å². The summed E-state index contributed by atoms with van der Waals surface area (Å²) >= 11 is 0. The van der Waals surface area contributed by atoms with Crippen LogP contribution in [-0.4, -0.2) is 24.7 Å². The van der Waals surface area contributed by atoms with Crippen molar-refractivity contribution in [1.82, 2.24) is 5.32 Å². The highest BCUT2D eigenvalue weighted by Crippen LogP contribution is 2.26. The third-order valence-electron chi connectivity index (χ3n) is 4.96. The van der Waals surface area contributed by atoms with E-state index < -0.39 is 0 Å². The van der Waals surface area contributed by atoms with E-state index >= 15 is 0 Å². The molecule has 3 rings (SSSR count). The van der Waals surface area contributed by atoms with E-state index in [1.165, 1.54) is 18.2 Å². The molecule has 4 heteroatoms. The van der Waals surface area contributed by atoms with Crippen molar-refractivity contribution in [2.24, 2.45) is 5.92 Å². The standard InChI is InChI=1S/C21H25NO3/c1-25-20-12-16(8-11-19(20)23)13-21(24)22-14-15-6-9-17-4-2-3-5-18(17)10-7-15/h2-5,8,11-12,15,23H,6-7,9-10,13-14H2,1H3,(H,22,24). The van der Waals surface area contributed by atoms with Gasteiger partial charge in [0.1, 0.15) is 0 Å². The molecule has 0 spiro atoms. The van der Waals surface area contributed by atoms with Gasteiger partial charge < -0.3 is 15.2 Å². The maximum atomic E-state index is 12.2. The fourth-order valence-corrected chi connectivity index (χ4v) is 3.45. The van der Waals surface area contributed by atoms with E-state index in [-0.39, 0.29) is 11.7 Å². The Hall–Kier alpha value is -2.49. The Morgan fingerprint density at radius 1 is 1.16 bits per heavy atom. The van der Waals surface area contributed by atoms with Gasteiger partial charge in [0.15, 0.2) is 11.5 Å². The average molecular weight is 339 g/mol. The molecule has 0 unspecified atom stereocenters. The third-order valence-corrected chi connectivity index (χ3v) is 4.96. The second kappa shape index (κ2) is 8.06. The number of amides is 1. The molecule has 2 aromatic rings. The SMILES string of the molecule is COc1cc(CC(=O)NCC2CCc3ccccc3CC2)ccc1O. The molecule has 0 radical (unpaired) electrons. The van der Waals surface area contributed by atoms with E-state index in [2.05, 4.69) is 29.6 Å². The number of carbonyl (C=O) groups excluding carboxylic acids is 1. The van der Waals surface area contributed by atoms with Gasteiger partial charge in [-0.25, -0.2) is 0 Å². The van der Waals surface area contributed by atoms with Gasteiger partial charge in [-0.3, -0.25) is 4.79 Å². The molecule has 1 aliphatic carbocycles. The van der Waals surface area contributed by atoms with Crippen LogP contribution >= 0.6 is 0 Å². The van der Waals surface area contributed by atoms with Gasteiger partial charge in [-0.1, -0.05) is 30.3 Å². The summed E-state index contributed by atoms with van der Waals surface area (Å²) in [6.07, 6.45) is 4.70. The third kappa shape index (κ3) is 4.53. The zero-order chi connectivity index (χ0) is 17.6. The Morgan fingerprint density at radius 3 is 2.48 bits per heavy atom. The number of aryl methyl sites for hydroxylation is 2. The Kier molecular flexibility index (Phi) is 5.59. The number of nitrogens with one attached hydrogen (secondary N) is 1. The van der Waals surface area contributed by atoms with Crippen LogP contribution in [0.25, 0.3) is 0 Å². The number of hydrogen-bond donors (Lipinski definition) is 2. The molecule has 1 amide bonds. The fraction of sp³-hybridized carbons (Fsp3) is 0.381. The van der Waals surface area contributed by atoms with Crippen molar-refractivity contribution >= 4 is 5.91 Å². The molecule has 0 fully saturated rings. The molecular formula is C21H25NO3. The average Bonchev–Trinajstić information content (AvgIpc) is 2.84. The van der Waals surface area contributed by atoms with Crippen LogP contribution in [0.4, 0.5) is 0 Å². The summed E-state index contributed by atoms with van der Waals surface area (Å²) in [6.45, 7) is 0.724. The molecular weight excluding hydrogens is 314 g/mol. The molecule has 0 atom stereocenters. The van der Waals surface area contributed by atoms with E-state index in [0.717, 1.165) is 37.8 Å². The van der Waals surface area contributed by atoms with Crippen molar-refractivity contribution in [3.8, 4) is 11.5 Å². The minimum absolute atomic E-state index is 0.00880. The summed E-state index contributed by atoms with van der Waals surface area (Å²) in [4.78, 5) is 12.2. The van der Waals surface area contributed by atoms with Crippen LogP contribution in [0.1, 0.15) is 29.5 Å². The van der Waals surface area contributed by atoms with Crippen LogP contribution in [0.5, 0.6) is 11.5 Å². The lowest BCUT2D eigenvalue weighted by Gasteiger charge is -2.15. The van der Waals surface area contributed by atoms with Gasteiger partial charge in [0.2, 0.25) is 5.91 Å². The van der Waals surface area contributed by atoms with Crippen LogP contribution in [0.3, 0.4) is 0 Å². The van der Waals surface area contributed by atoms with E-state index in [1.54, 1.807) is 18.2 Å². The molecule has 4 nitrogen and oxygen atoms in total. The molecule has 0 aliphatic heterocycles. The van der Waals surface area contributed by atoms with Gasteiger partial charge >= 0.3 is 0 Å². The van der Waals surface area contributed by atoms with E-state index in [9.17, 15) is 9.90 Å². The molecule has 0 saturated heterocycles. The molecule has 25 heavy (non-hydrogen) atoms. The first kappa shape index (κ1) is 17.3. The molecule has 0 aromatic heterocycles. The van der Waals surface area contributed by atoms with E-state index in [4.69, 9.17) is 4.74 Å². The van der Waals surface area contributed by atoms with Crippen molar-refractivity contribution < 1.29 is 14.6 Å². The highest BCUT2D eigenvalue weighted by Gasteiger charge is 2.17. The summed E-state index contributed by atoms with van der Waals surface area (Å²) in [5, 5.41) is 12.7. The van der Waals surface area contributed by atoms with Crippen molar-refractivity contribution in [3.63, 3.8) is 0 Å². The Morgan fingerprint density at radius 2 is 1.84 bits per heavy atom. The number of rotatable bonds is 5. The number of carbonyl (C=O) groups is 1. The van der Waals surface area contributed by atoms with Crippen LogP contribution in [0.15, 0.2) is 42.5 Å². The molecule has 2 aromatic carbocycles. The molecule has 132 valence electrons. The Bertz CT molecular complexity index is 715. The van der Waals surface area contributed by atoms with Crippen molar-refractivity contribution in [2.45, 2.75) is 32.1 Å². The first-order chi connectivity index (χ1) is 12.2. The molecule has 1 aliphatic rings. The smallest absolute Gasteiger partial charge is 0.224 e. The summed E-state index contributed by atoms with van der Waals surface area (Å²) in [5.74, 6) is 1.01. The minimum Gasteiger partial charge on any atom is -0.504 e. The topological polar surface area (TPSA) is 58.6 Å². The lowest BCUT2D eigenvalue weighted by Crippen LogP contribution is -2.30. The number of hydrogen-bond acceptors (Lipinski definition) is 3. The van der Waals surface area contributed by atoms with E-state index in [1.807, 2.05) is 0 Å². The zero-order valence-corrected chi connectivity index (χ0v) is 14.6. The first-order valence-electron chi connectivity index (χ1n) is 8.85. The highest BCUT2D eigenvalue weighted by molar-refractivity contribution is 5.78. The Labute approximate surface area is 148 Å². The van der Waals surface area contributed by atoms with Crippen molar-refractivity contribution in [3.05, 3.63) is 59.2 Å². The van der Waals surface area contributed by atoms with Gasteiger partial charge in [0.05, 0.1) is 13.5 Å². The summed E-state index contributed by atoms with van der Waals surface area (Å²) in [7, 11) is 1.50. The second-order valence-electron chi connectivity index (χ2n) is 6.70. The molecule has 2 N–H and O–H groups in total. The van der Waals surface area contributed by atoms with Gasteiger partial charge in [-0.15, -0.1) is 0 Å². The lowest BCUT2D eigenvalue weighted by atomic mass is 9.99. The summed E-state index contributed by atoms with van der Waals surface area (Å²) in [5.41, 5.74) is 3.74. The van der Waals surface area contributed by atoms with Crippen LogP contribution in [0, 0.1) is 5.92 Å². The molecule has 0 heterocycles. The normalized spacial score (nSPS) is 14.4. The van der Waals surface area contributed by atoms with Gasteiger partial charge in [0, 0.05) is 6.54 Å². The maximum Gasteiger partial charge on any atom is 0.224 e. The zero-order valence-electron chi connectivity index (χ0n) is 14.6. The number of ether oxygens (including phenoxy) is 1. The van der Waals surface area contributed by atoms with Crippen LogP contribution < -0.4 is 10.1 Å². The minimum atomic E-state index is 0.00880. The largest absolute Gasteiger partial charge is 0.504 e. The maximum absolute atomic E-state index is 12.2. The predicted octanol–water partition coefficient (Wildman–Crippen LogP) is 3.25. The van der Waals surface area contributed by atoms with Gasteiger partial charge in [-0.2, -0.15) is 0 Å².